The third-order valence-electron chi connectivity index (χ3n) is 6.85. The Balaban J connectivity index is 1.39. The number of nitrogens with zero attached hydrogens (tertiary/aromatic N) is 2. The Bertz CT molecular complexity index is 1310. The zero-order valence-corrected chi connectivity index (χ0v) is 18.7. The molecule has 1 aliphatic carbocycles. The molecule has 0 saturated carbocycles. The summed E-state index contributed by atoms with van der Waals surface area (Å²) in [7, 11) is -3.68. The van der Waals surface area contributed by atoms with E-state index in [2.05, 4.69) is 4.90 Å². The van der Waals surface area contributed by atoms with Gasteiger partial charge in [-0.25, -0.2) is 12.4 Å². The van der Waals surface area contributed by atoms with E-state index in [1.165, 1.54) is 10.9 Å². The molecule has 1 saturated heterocycles. The molecule has 3 aromatic rings. The third-order valence-corrected chi connectivity index (χ3v) is 8.54. The van der Waals surface area contributed by atoms with Crippen molar-refractivity contribution in [3.05, 3.63) is 78.5 Å². The Labute approximate surface area is 187 Å². The zero-order valence-electron chi connectivity index (χ0n) is 17.9. The molecular formula is C25H26N2O4S. The second-order valence-corrected chi connectivity index (χ2v) is 10.6. The lowest BCUT2D eigenvalue weighted by molar-refractivity contribution is -0.135. The number of hydrogen-bond donors (Lipinski definition) is 1. The van der Waals surface area contributed by atoms with Gasteiger partial charge in [-0.05, 0) is 55.5 Å². The number of likely N-dealkylation sites (tertiary alicyclic amines) is 1. The average Bonchev–Trinajstić information content (AvgIpc) is 3.15. The molecule has 0 spiro atoms. The summed E-state index contributed by atoms with van der Waals surface area (Å²) in [5.74, 6) is 0.0618. The zero-order chi connectivity index (χ0) is 22.5. The minimum absolute atomic E-state index is 0.210. The normalized spacial score (nSPS) is 25.4. The second-order valence-electron chi connectivity index (χ2n) is 8.82. The third kappa shape index (κ3) is 3.41. The van der Waals surface area contributed by atoms with Gasteiger partial charge < -0.3 is 5.11 Å². The van der Waals surface area contributed by atoms with Crippen LogP contribution in [0.15, 0.2) is 77.8 Å². The van der Waals surface area contributed by atoms with Gasteiger partial charge >= 0.3 is 0 Å². The highest BCUT2D eigenvalue weighted by atomic mass is 32.2. The summed E-state index contributed by atoms with van der Waals surface area (Å²) >= 11 is 0. The van der Waals surface area contributed by atoms with E-state index >= 15 is 0 Å². The van der Waals surface area contributed by atoms with Crippen molar-refractivity contribution in [3.63, 3.8) is 0 Å². The smallest absolute Gasteiger partial charge is 0.268 e. The van der Waals surface area contributed by atoms with Crippen LogP contribution in [0.25, 0.3) is 10.9 Å². The Morgan fingerprint density at radius 2 is 1.84 bits per heavy atom. The molecule has 0 unspecified atom stereocenters. The maximum atomic E-state index is 13.3. The first-order valence-electron chi connectivity index (χ1n) is 10.9. The van der Waals surface area contributed by atoms with Crippen LogP contribution in [0.2, 0.25) is 0 Å². The summed E-state index contributed by atoms with van der Waals surface area (Å²) in [5, 5.41) is 11.4. The molecule has 2 aromatic carbocycles. The van der Waals surface area contributed by atoms with Gasteiger partial charge in [-0.15, -0.1) is 0 Å². The molecule has 3 atom stereocenters. The molecule has 6 nitrogen and oxygen atoms in total. The van der Waals surface area contributed by atoms with Gasteiger partial charge in [0.25, 0.3) is 10.0 Å². The number of carbonyl (C=O) groups is 1. The van der Waals surface area contributed by atoms with Crippen molar-refractivity contribution in [2.45, 2.75) is 36.3 Å². The molecule has 2 aliphatic rings. The van der Waals surface area contributed by atoms with Crippen LogP contribution in [0.1, 0.15) is 18.9 Å². The van der Waals surface area contributed by atoms with Gasteiger partial charge in [0.15, 0.2) is 5.78 Å². The molecular weight excluding hydrogens is 424 g/mol. The number of Topliss-reactive ketones (excluding diaryl/α,β-unsaturated/α-hetero) is 1. The van der Waals surface area contributed by atoms with E-state index in [0.717, 1.165) is 24.0 Å². The maximum absolute atomic E-state index is 13.3. The number of fused-ring (bicyclic) bond motifs is 2. The number of aliphatic hydroxyl groups is 1. The SMILES string of the molecule is CC(=O)[C@@]1(O)C=C[C@@H]2[C@@H](CN2CCc2cn(S(=O)(=O)c3ccccc3)c3ccccc23)C1. The Morgan fingerprint density at radius 3 is 2.56 bits per heavy atom. The Morgan fingerprint density at radius 1 is 1.12 bits per heavy atom. The first kappa shape index (κ1) is 21.1. The van der Waals surface area contributed by atoms with E-state index < -0.39 is 15.6 Å². The van der Waals surface area contributed by atoms with Gasteiger partial charge in [0, 0.05) is 30.7 Å². The van der Waals surface area contributed by atoms with Crippen LogP contribution < -0.4 is 0 Å². The van der Waals surface area contributed by atoms with E-state index in [1.54, 1.807) is 42.6 Å². The first-order chi connectivity index (χ1) is 15.3. The lowest BCUT2D eigenvalue weighted by Crippen LogP contribution is -2.60. The Kier molecular flexibility index (Phi) is 5.08. The van der Waals surface area contributed by atoms with Gasteiger partial charge in [0.1, 0.15) is 5.60 Å². The molecule has 32 heavy (non-hydrogen) atoms. The number of benzene rings is 2. The summed E-state index contributed by atoms with van der Waals surface area (Å²) in [6.45, 7) is 3.04. The summed E-state index contributed by atoms with van der Waals surface area (Å²) in [6, 6.07) is 16.3. The Hall–Kier alpha value is -2.74. The van der Waals surface area contributed by atoms with E-state index in [9.17, 15) is 18.3 Å². The molecule has 1 aromatic heterocycles. The van der Waals surface area contributed by atoms with E-state index in [0.29, 0.717) is 18.4 Å². The highest BCUT2D eigenvalue weighted by Gasteiger charge is 2.46. The van der Waals surface area contributed by atoms with Crippen LogP contribution in [-0.4, -0.2) is 52.9 Å². The molecule has 166 valence electrons. The average molecular weight is 451 g/mol. The number of carbonyl (C=O) groups excluding carboxylic acids is 1. The fraction of sp³-hybridized carbons (Fsp3) is 0.320. The molecule has 0 amide bonds. The van der Waals surface area contributed by atoms with Crippen molar-refractivity contribution in [2.24, 2.45) is 5.92 Å². The summed E-state index contributed by atoms with van der Waals surface area (Å²) in [6.07, 6.45) is 6.51. The summed E-state index contributed by atoms with van der Waals surface area (Å²) < 4.78 is 27.9. The highest BCUT2D eigenvalue weighted by Crippen LogP contribution is 2.38. The van der Waals surface area contributed by atoms with Crippen molar-refractivity contribution >= 4 is 26.7 Å². The number of aromatic nitrogens is 1. The number of hydrogen-bond acceptors (Lipinski definition) is 5. The minimum atomic E-state index is -3.68. The molecule has 7 heteroatoms. The molecule has 1 N–H and O–H groups in total. The van der Waals surface area contributed by atoms with Gasteiger partial charge in [-0.2, -0.15) is 0 Å². The summed E-state index contributed by atoms with van der Waals surface area (Å²) in [4.78, 5) is 14.3. The van der Waals surface area contributed by atoms with E-state index in [4.69, 9.17) is 0 Å². The fourth-order valence-corrected chi connectivity index (χ4v) is 6.38. The van der Waals surface area contributed by atoms with Crippen molar-refractivity contribution < 1.29 is 18.3 Å². The van der Waals surface area contributed by atoms with Crippen molar-refractivity contribution in [1.82, 2.24) is 8.87 Å². The minimum Gasteiger partial charge on any atom is -0.378 e. The van der Waals surface area contributed by atoms with Crippen LogP contribution in [0.3, 0.4) is 0 Å². The van der Waals surface area contributed by atoms with Crippen LogP contribution >= 0.6 is 0 Å². The predicted octanol–water partition coefficient (Wildman–Crippen LogP) is 3.00. The van der Waals surface area contributed by atoms with Crippen molar-refractivity contribution in [1.29, 1.82) is 0 Å². The van der Waals surface area contributed by atoms with Crippen LogP contribution in [-0.2, 0) is 21.2 Å². The van der Waals surface area contributed by atoms with Crippen LogP contribution in [0, 0.1) is 5.92 Å². The fourth-order valence-electron chi connectivity index (χ4n) is 4.97. The van der Waals surface area contributed by atoms with E-state index in [1.807, 2.05) is 30.3 Å². The molecule has 5 rings (SSSR count). The van der Waals surface area contributed by atoms with Crippen LogP contribution in [0.4, 0.5) is 0 Å². The molecule has 1 fully saturated rings. The molecule has 1 aliphatic heterocycles. The molecule has 0 radical (unpaired) electrons. The monoisotopic (exact) mass is 450 g/mol. The number of rotatable bonds is 6. The van der Waals surface area contributed by atoms with Crippen molar-refractivity contribution in [3.8, 4) is 0 Å². The number of para-hydroxylation sites is 1. The largest absolute Gasteiger partial charge is 0.378 e. The quantitative estimate of drug-likeness (QED) is 0.584. The molecule has 0 bridgehead atoms. The van der Waals surface area contributed by atoms with Gasteiger partial charge in [0.2, 0.25) is 0 Å². The highest BCUT2D eigenvalue weighted by molar-refractivity contribution is 7.90. The number of ketones is 1. The first-order valence-corrected chi connectivity index (χ1v) is 12.3. The standard InChI is InChI=1S/C25H26N2O4S/c1-18(28)25(29)13-11-23-20(15-25)16-26(23)14-12-19-17-27(24-10-6-5-9-22(19)24)32(30,31)21-7-3-2-4-8-21/h2-11,13,17,20,23,29H,12,14-16H2,1H3/t20-,23-,25-/m1/s1. The molecule has 2 heterocycles. The predicted molar refractivity (Wildman–Crippen MR) is 123 cm³/mol. The van der Waals surface area contributed by atoms with Gasteiger partial charge in [-0.3, -0.25) is 9.69 Å². The lowest BCUT2D eigenvalue weighted by atomic mass is 9.73. The second kappa shape index (κ2) is 7.69. The lowest BCUT2D eigenvalue weighted by Gasteiger charge is -2.51. The van der Waals surface area contributed by atoms with E-state index in [-0.39, 0.29) is 22.6 Å². The summed E-state index contributed by atoms with van der Waals surface area (Å²) in [5.41, 5.74) is 0.340. The van der Waals surface area contributed by atoms with Gasteiger partial charge in [-0.1, -0.05) is 42.5 Å². The maximum Gasteiger partial charge on any atom is 0.268 e. The van der Waals surface area contributed by atoms with Crippen LogP contribution in [0.5, 0.6) is 0 Å². The van der Waals surface area contributed by atoms with Crippen molar-refractivity contribution in [2.75, 3.05) is 13.1 Å². The van der Waals surface area contributed by atoms with Gasteiger partial charge in [0.05, 0.1) is 10.4 Å². The topological polar surface area (TPSA) is 79.6 Å².